The molecule has 2 fully saturated rings. The average molecular weight is 333 g/mol. The van der Waals surface area contributed by atoms with Gasteiger partial charge in [0.15, 0.2) is 0 Å². The van der Waals surface area contributed by atoms with Crippen LogP contribution in [0.25, 0.3) is 0 Å². The van der Waals surface area contributed by atoms with Crippen molar-refractivity contribution in [3.63, 3.8) is 0 Å². The molecule has 1 aromatic rings. The maximum Gasteiger partial charge on any atom is 0.225 e. The van der Waals surface area contributed by atoms with Crippen molar-refractivity contribution in [3.8, 4) is 0 Å². The number of carbonyl (C=O) groups is 2. The van der Waals surface area contributed by atoms with Gasteiger partial charge in [-0.25, -0.2) is 0 Å². The van der Waals surface area contributed by atoms with E-state index in [1.54, 1.807) is 6.26 Å². The summed E-state index contributed by atoms with van der Waals surface area (Å²) in [4.78, 5) is 29.1. The zero-order chi connectivity index (χ0) is 16.9. The largest absolute Gasteiger partial charge is 0.467 e. The van der Waals surface area contributed by atoms with Crippen molar-refractivity contribution >= 4 is 11.8 Å². The normalized spacial score (nSPS) is 25.5. The second-order valence-electron chi connectivity index (χ2n) is 6.97. The molecule has 1 saturated carbocycles. The van der Waals surface area contributed by atoms with Crippen molar-refractivity contribution in [2.45, 2.75) is 32.2 Å². The first-order valence-corrected chi connectivity index (χ1v) is 8.91. The van der Waals surface area contributed by atoms with Crippen molar-refractivity contribution in [1.82, 2.24) is 15.1 Å². The minimum Gasteiger partial charge on any atom is -0.467 e. The van der Waals surface area contributed by atoms with Crippen LogP contribution in [0.15, 0.2) is 22.8 Å². The molecule has 0 bridgehead atoms. The number of furan rings is 1. The molecule has 1 aliphatic heterocycles. The Bertz CT molecular complexity index is 542. The predicted molar refractivity (Wildman–Crippen MR) is 90.1 cm³/mol. The molecule has 2 aliphatic rings. The molecule has 0 aromatic carbocycles. The summed E-state index contributed by atoms with van der Waals surface area (Å²) in [7, 11) is 2.09. The summed E-state index contributed by atoms with van der Waals surface area (Å²) in [6, 6.07) is 3.67. The zero-order valence-corrected chi connectivity index (χ0v) is 14.4. The lowest BCUT2D eigenvalue weighted by molar-refractivity contribution is -0.139. The summed E-state index contributed by atoms with van der Waals surface area (Å²) in [6.07, 6.45) is 4.85. The second kappa shape index (κ2) is 7.83. The number of amides is 2. The van der Waals surface area contributed by atoms with Crippen LogP contribution >= 0.6 is 0 Å². The van der Waals surface area contributed by atoms with Crippen molar-refractivity contribution < 1.29 is 14.0 Å². The lowest BCUT2D eigenvalue weighted by Gasteiger charge is -2.36. The van der Waals surface area contributed by atoms with Gasteiger partial charge in [-0.3, -0.25) is 9.59 Å². The highest BCUT2D eigenvalue weighted by Crippen LogP contribution is 2.30. The van der Waals surface area contributed by atoms with E-state index in [0.717, 1.165) is 57.6 Å². The number of likely N-dealkylation sites (N-methyl/N-ethyl adjacent to an activating group) is 1. The number of nitrogens with zero attached hydrogens (tertiary/aromatic N) is 2. The summed E-state index contributed by atoms with van der Waals surface area (Å²) >= 11 is 0. The molecule has 1 N–H and O–H groups in total. The van der Waals surface area contributed by atoms with Crippen LogP contribution in [0.1, 0.15) is 31.4 Å². The molecule has 6 nitrogen and oxygen atoms in total. The Morgan fingerprint density at radius 2 is 1.79 bits per heavy atom. The summed E-state index contributed by atoms with van der Waals surface area (Å²) < 4.78 is 5.23. The Labute approximate surface area is 143 Å². The van der Waals surface area contributed by atoms with Gasteiger partial charge in [0.25, 0.3) is 0 Å². The molecule has 2 heterocycles. The van der Waals surface area contributed by atoms with Crippen molar-refractivity contribution in [3.05, 3.63) is 24.2 Å². The van der Waals surface area contributed by atoms with Crippen LogP contribution in [-0.2, 0) is 16.1 Å². The first-order valence-electron chi connectivity index (χ1n) is 8.91. The molecule has 132 valence electrons. The van der Waals surface area contributed by atoms with Gasteiger partial charge in [-0.05, 0) is 44.9 Å². The molecule has 0 atom stereocenters. The molecule has 3 rings (SSSR count). The quantitative estimate of drug-likeness (QED) is 0.906. The topological polar surface area (TPSA) is 65.8 Å². The second-order valence-corrected chi connectivity index (χ2v) is 6.97. The molecular weight excluding hydrogens is 306 g/mol. The molecular formula is C18H27N3O3. The van der Waals surface area contributed by atoms with Crippen LogP contribution in [0.5, 0.6) is 0 Å². The van der Waals surface area contributed by atoms with Crippen LogP contribution < -0.4 is 5.32 Å². The van der Waals surface area contributed by atoms with Gasteiger partial charge in [0.2, 0.25) is 11.8 Å². The van der Waals surface area contributed by atoms with Crippen LogP contribution in [-0.4, -0.2) is 54.8 Å². The monoisotopic (exact) mass is 333 g/mol. The van der Waals surface area contributed by atoms with Gasteiger partial charge in [-0.15, -0.1) is 0 Å². The van der Waals surface area contributed by atoms with Gasteiger partial charge >= 0.3 is 0 Å². The highest BCUT2D eigenvalue weighted by Gasteiger charge is 2.32. The SMILES string of the molecule is CN1CCN(C(=O)C2CCC(C(=O)NCc3ccco3)CC2)CC1. The van der Waals surface area contributed by atoms with E-state index < -0.39 is 0 Å². The molecule has 1 aromatic heterocycles. The number of hydrogen-bond acceptors (Lipinski definition) is 4. The average Bonchev–Trinajstić information content (AvgIpc) is 3.13. The molecule has 1 saturated heterocycles. The Balaban J connectivity index is 1.41. The fourth-order valence-electron chi connectivity index (χ4n) is 3.62. The summed E-state index contributed by atoms with van der Waals surface area (Å²) in [5.74, 6) is 1.26. The molecule has 24 heavy (non-hydrogen) atoms. The standard InChI is InChI=1S/C18H27N3O3/c1-20-8-10-21(11-9-20)18(23)15-6-4-14(5-7-15)17(22)19-13-16-3-2-12-24-16/h2-3,12,14-15H,4-11,13H2,1H3,(H,19,22). The van der Waals surface area contributed by atoms with Crippen LogP contribution in [0.4, 0.5) is 0 Å². The minimum atomic E-state index is 0.0245. The summed E-state index contributed by atoms with van der Waals surface area (Å²) in [5, 5.41) is 2.93. The highest BCUT2D eigenvalue weighted by atomic mass is 16.3. The third-order valence-corrected chi connectivity index (χ3v) is 5.28. The van der Waals surface area contributed by atoms with E-state index in [2.05, 4.69) is 17.3 Å². The van der Waals surface area contributed by atoms with Crippen LogP contribution in [0.3, 0.4) is 0 Å². The lowest BCUT2D eigenvalue weighted by atomic mass is 9.81. The lowest BCUT2D eigenvalue weighted by Crippen LogP contribution is -2.49. The minimum absolute atomic E-state index is 0.0245. The predicted octanol–water partition coefficient (Wildman–Crippen LogP) is 1.48. The zero-order valence-electron chi connectivity index (χ0n) is 14.4. The van der Waals surface area contributed by atoms with E-state index in [4.69, 9.17) is 4.42 Å². The van der Waals surface area contributed by atoms with E-state index >= 15 is 0 Å². The van der Waals surface area contributed by atoms with E-state index in [9.17, 15) is 9.59 Å². The van der Waals surface area contributed by atoms with Gasteiger partial charge in [0.05, 0.1) is 12.8 Å². The Morgan fingerprint density at radius 3 is 2.42 bits per heavy atom. The first kappa shape index (κ1) is 17.0. The number of carbonyl (C=O) groups excluding carboxylic acids is 2. The van der Waals surface area contributed by atoms with Gasteiger partial charge < -0.3 is 19.5 Å². The van der Waals surface area contributed by atoms with Crippen molar-refractivity contribution in [2.75, 3.05) is 33.2 Å². The highest BCUT2D eigenvalue weighted by molar-refractivity contribution is 5.81. The number of piperazine rings is 1. The Morgan fingerprint density at radius 1 is 1.12 bits per heavy atom. The van der Waals surface area contributed by atoms with Gasteiger partial charge in [0, 0.05) is 38.0 Å². The van der Waals surface area contributed by atoms with Crippen molar-refractivity contribution in [2.24, 2.45) is 11.8 Å². The molecule has 2 amide bonds. The molecule has 0 spiro atoms. The van der Waals surface area contributed by atoms with Crippen LogP contribution in [0, 0.1) is 11.8 Å². The fourth-order valence-corrected chi connectivity index (χ4v) is 3.62. The Hall–Kier alpha value is -1.82. The van der Waals surface area contributed by atoms with E-state index in [-0.39, 0.29) is 23.7 Å². The van der Waals surface area contributed by atoms with E-state index in [1.165, 1.54) is 0 Å². The maximum atomic E-state index is 12.6. The van der Waals surface area contributed by atoms with Crippen LogP contribution in [0.2, 0.25) is 0 Å². The van der Waals surface area contributed by atoms with Gasteiger partial charge in [-0.2, -0.15) is 0 Å². The number of nitrogens with one attached hydrogen (secondary N) is 1. The molecule has 0 unspecified atom stereocenters. The van der Waals surface area contributed by atoms with E-state index in [1.807, 2.05) is 17.0 Å². The smallest absolute Gasteiger partial charge is 0.225 e. The molecule has 1 aliphatic carbocycles. The van der Waals surface area contributed by atoms with Crippen molar-refractivity contribution in [1.29, 1.82) is 0 Å². The van der Waals surface area contributed by atoms with Gasteiger partial charge in [0.1, 0.15) is 5.76 Å². The summed E-state index contributed by atoms with van der Waals surface area (Å²) in [6.45, 7) is 4.01. The molecule has 6 heteroatoms. The first-order chi connectivity index (χ1) is 11.6. The number of rotatable bonds is 4. The van der Waals surface area contributed by atoms with E-state index in [0.29, 0.717) is 6.54 Å². The summed E-state index contributed by atoms with van der Waals surface area (Å²) in [5.41, 5.74) is 0. The third-order valence-electron chi connectivity index (χ3n) is 5.28. The maximum absolute atomic E-state index is 12.6. The van der Waals surface area contributed by atoms with Gasteiger partial charge in [-0.1, -0.05) is 0 Å². The molecule has 0 radical (unpaired) electrons. The number of hydrogen-bond donors (Lipinski definition) is 1. The fraction of sp³-hybridized carbons (Fsp3) is 0.667. The third kappa shape index (κ3) is 4.17. The Kier molecular flexibility index (Phi) is 5.56.